The van der Waals surface area contributed by atoms with E-state index in [4.69, 9.17) is 21.4 Å². The maximum atomic E-state index is 12.2. The van der Waals surface area contributed by atoms with E-state index in [1.165, 1.54) is 51.4 Å². The number of imidazole rings is 1. The number of aromatic nitrogens is 5. The number of rotatable bonds is 11. The van der Waals surface area contributed by atoms with E-state index in [1.807, 2.05) is 49.5 Å². The van der Waals surface area contributed by atoms with Crippen molar-refractivity contribution in [1.82, 2.24) is 24.9 Å². The molecule has 0 aliphatic carbocycles. The second-order valence-electron chi connectivity index (χ2n) is 20.3. The Morgan fingerprint density at radius 1 is 0.690 bits per heavy atom. The molecule has 8 aromatic rings. The third kappa shape index (κ3) is 26.5. The Morgan fingerprint density at radius 2 is 1.20 bits per heavy atom. The molecule has 27 heteroatoms. The number of pyridine rings is 3. The second-order valence-corrected chi connectivity index (χ2v) is 24.6. The van der Waals surface area contributed by atoms with Gasteiger partial charge in [-0.1, -0.05) is 85.7 Å². The third-order valence-electron chi connectivity index (χ3n) is 11.5. The summed E-state index contributed by atoms with van der Waals surface area (Å²) in [5.74, 6) is 4.24. The van der Waals surface area contributed by atoms with Crippen LogP contribution in [0.3, 0.4) is 0 Å². The molecule has 8 N–H and O–H groups in total. The van der Waals surface area contributed by atoms with Gasteiger partial charge < -0.3 is 31.7 Å². The summed E-state index contributed by atoms with van der Waals surface area (Å²) in [6, 6.07) is 32.5. The molecule has 0 spiro atoms. The number of hydrogen-bond donors (Lipinski definition) is 5. The fourth-order valence-electron chi connectivity index (χ4n) is 6.84. The van der Waals surface area contributed by atoms with Crippen LogP contribution in [-0.2, 0) is 32.7 Å². The molecule has 1 unspecified atom stereocenters. The molecule has 87 heavy (non-hydrogen) atoms. The first-order chi connectivity index (χ1) is 40.2. The molecule has 0 radical (unpaired) electrons. The average Bonchev–Trinajstić information content (AvgIpc) is 3.16. The lowest BCUT2D eigenvalue weighted by Crippen LogP contribution is -2.30. The molecule has 4 aromatic carbocycles. The minimum atomic E-state index is -5.09. The minimum absolute atomic E-state index is 0.0222. The molecule has 1 atom stereocenters. The Balaban J connectivity index is 0.000000279. The molecule has 0 bridgehead atoms. The highest BCUT2D eigenvalue weighted by molar-refractivity contribution is 14.1. The van der Waals surface area contributed by atoms with Gasteiger partial charge in [-0.2, -0.15) is 39.5 Å². The first kappa shape index (κ1) is 73.6. The number of amides is 1. The van der Waals surface area contributed by atoms with Crippen LogP contribution in [0, 0.1) is 20.6 Å². The number of H-pyrrole nitrogens is 1. The predicted molar refractivity (Wildman–Crippen MR) is 338 cm³/mol. The van der Waals surface area contributed by atoms with Gasteiger partial charge >= 0.3 is 24.4 Å². The van der Waals surface area contributed by atoms with Crippen LogP contribution in [-0.4, -0.2) is 58.3 Å². The van der Waals surface area contributed by atoms with Crippen LogP contribution < -0.4 is 26.7 Å². The second kappa shape index (κ2) is 32.9. The average molecular weight is 1370 g/mol. The van der Waals surface area contributed by atoms with Crippen molar-refractivity contribution in [2.75, 3.05) is 28.8 Å². The fourth-order valence-corrected chi connectivity index (χ4v) is 8.66. The zero-order valence-corrected chi connectivity index (χ0v) is 52.8. The molecule has 0 saturated heterocycles. The summed E-state index contributed by atoms with van der Waals surface area (Å²) in [5.41, 5.74) is 23.7. The van der Waals surface area contributed by atoms with Crippen molar-refractivity contribution in [3.8, 4) is 5.75 Å². The number of carbonyl (C=O) groups is 1. The number of nitrogen functional groups attached to an aromatic ring is 3. The zero-order valence-electron chi connectivity index (χ0n) is 49.0. The van der Waals surface area contributed by atoms with Crippen LogP contribution >= 0.6 is 34.4 Å². The number of nitrogens with zero attached hydrogens (tertiary/aromatic N) is 5. The lowest BCUT2D eigenvalue weighted by Gasteiger charge is -2.10. The number of halogens is 10. The summed E-state index contributed by atoms with van der Waals surface area (Å²) in [6.07, 6.45) is -8.86. The van der Waals surface area contributed by atoms with E-state index >= 15 is 0 Å². The summed E-state index contributed by atoms with van der Waals surface area (Å²) in [7, 11) is -2.83. The molecule has 4 heterocycles. The molecule has 8 rings (SSSR count). The molecule has 470 valence electrons. The Morgan fingerprint density at radius 3 is 1.69 bits per heavy atom. The summed E-state index contributed by atoms with van der Waals surface area (Å²) in [4.78, 5) is 40.6. The summed E-state index contributed by atoms with van der Waals surface area (Å²) in [5, 5.41) is 12.3. The molecule has 15 nitrogen and oxygen atoms in total. The number of aryl methyl sites for hydroxylation is 1. The maximum absolute atomic E-state index is 12.2. The number of nitro groups is 1. The zero-order chi connectivity index (χ0) is 65.8. The number of aromatic amines is 1. The largest absolute Gasteiger partial charge is 0.471 e. The summed E-state index contributed by atoms with van der Waals surface area (Å²) < 4.78 is 125. The van der Waals surface area contributed by atoms with Crippen molar-refractivity contribution < 1.29 is 57.6 Å². The number of benzene rings is 4. The lowest BCUT2D eigenvalue weighted by molar-refractivity contribution is -0.384. The van der Waals surface area contributed by atoms with Crippen LogP contribution in [0.1, 0.15) is 124 Å². The normalized spacial score (nSPS) is 12.0. The minimum Gasteiger partial charge on any atom is -0.409 e. The highest BCUT2D eigenvalue weighted by atomic mass is 127. The Labute approximate surface area is 517 Å². The van der Waals surface area contributed by atoms with E-state index in [0.29, 0.717) is 44.3 Å². The van der Waals surface area contributed by atoms with Crippen molar-refractivity contribution in [1.29, 1.82) is 0 Å². The van der Waals surface area contributed by atoms with Crippen molar-refractivity contribution >= 4 is 95.4 Å². The number of nitrogens with one attached hydrogen (secondary N) is 2. The molecule has 0 aliphatic rings. The van der Waals surface area contributed by atoms with Crippen molar-refractivity contribution in [3.05, 3.63) is 193 Å². The monoisotopic (exact) mass is 1370 g/mol. The van der Waals surface area contributed by atoms with Crippen molar-refractivity contribution in [3.63, 3.8) is 0 Å². The number of thioether (sulfide) groups is 1. The van der Waals surface area contributed by atoms with Crippen LogP contribution in [0.15, 0.2) is 139 Å². The topological polar surface area (TPSA) is 244 Å². The summed E-state index contributed by atoms with van der Waals surface area (Å²) in [6.45, 7) is 18.6. The molecule has 4 aromatic heterocycles. The molecular formula is C60H68F9IN10O5S2. The van der Waals surface area contributed by atoms with Gasteiger partial charge in [0.2, 0.25) is 0 Å². The van der Waals surface area contributed by atoms with Gasteiger partial charge in [-0.25, -0.2) is 9.19 Å². The molecule has 0 saturated carbocycles. The number of carbonyl (C=O) groups excluding carboxylic acids is 1. The maximum Gasteiger partial charge on any atom is 0.471 e. The Kier molecular flexibility index (Phi) is 27.8. The van der Waals surface area contributed by atoms with Gasteiger partial charge in [-0.05, 0) is 148 Å². The number of anilines is 4. The van der Waals surface area contributed by atoms with E-state index in [-0.39, 0.29) is 11.7 Å². The van der Waals surface area contributed by atoms with Crippen LogP contribution in [0.25, 0.3) is 11.0 Å². The lowest BCUT2D eigenvalue weighted by atomic mass is 10.0. The molecule has 0 fully saturated rings. The van der Waals surface area contributed by atoms with E-state index in [0.717, 1.165) is 64.6 Å². The summed E-state index contributed by atoms with van der Waals surface area (Å²) >= 11 is 3.59. The van der Waals surface area contributed by atoms with Gasteiger partial charge in [0.25, 0.3) is 5.69 Å². The molecule has 0 aliphatic heterocycles. The van der Waals surface area contributed by atoms with Crippen LogP contribution in [0.4, 0.5) is 68.0 Å². The van der Waals surface area contributed by atoms with Gasteiger partial charge in [0.15, 0.2) is 0 Å². The smallest absolute Gasteiger partial charge is 0.409 e. The SMILES string of the molecule is C=S(C)(=O)Oc1ccnc(C(F)(F)F)c1.CC(C)c1ccc(N)c(N)c1.CC(C)c1ccc(N)cc1.CC(C)c1ccc(NC(=O)C(F)(F)F)c([N+](=O)[O-])c1.Cc1cc(SCc2nc3ccc(C(C)C)cc3[nH]2)ccn1.FC(F)(F)c1cc(I)ccn1. The quantitative estimate of drug-likeness (QED) is 0.0154. The van der Waals surface area contributed by atoms with Crippen molar-refractivity contribution in [2.45, 2.75) is 115 Å². The number of hydrogen-bond acceptors (Lipinski definition) is 13. The number of fused-ring (bicyclic) bond motifs is 1. The molecule has 1 amide bonds. The van der Waals surface area contributed by atoms with E-state index in [9.17, 15) is 58.6 Å². The third-order valence-corrected chi connectivity index (χ3v) is 13.8. The van der Waals surface area contributed by atoms with Crippen LogP contribution in [0.2, 0.25) is 0 Å². The number of alkyl halides is 9. The predicted octanol–water partition coefficient (Wildman–Crippen LogP) is 16.7. The van der Waals surface area contributed by atoms with E-state index < -0.39 is 61.9 Å². The standard InChI is InChI=1S/C17H19N3S.C11H11F3N2O3.C9H14N2.C9H13N.C8H8F3NO2S.C6H3F3IN/c1-11(2)13-4-5-15-16(9-13)20-17(19-15)10-21-14-6-7-18-12(3)8-14;1-6(2)7-3-4-8(9(5-7)16(18)19)15-10(17)11(12,13)14;1-6(2)7-3-4-8(10)9(11)5-7;1-7(2)8-3-5-9(10)6-4-8;1-15(2,13)14-6-3-4-12-7(5-6)8(9,10)11;7-6(8,9)5-3-4(10)1-2-11-5/h4-9,11H,10H2,1-3H3,(H,19,20);3-6H,1-2H3,(H,15,17);3-6H,10-11H2,1-2H3;3-7H,10H2,1-2H3;3-5H,1H2,2H3;1-3H. The van der Waals surface area contributed by atoms with Gasteiger partial charge in [-0.3, -0.25) is 29.9 Å². The van der Waals surface area contributed by atoms with Gasteiger partial charge in [-0.15, -0.1) is 11.8 Å². The fraction of sp³-hybridized carbons (Fsp3) is 0.300. The van der Waals surface area contributed by atoms with Gasteiger partial charge in [0.1, 0.15) is 38.5 Å². The first-order valence-corrected chi connectivity index (χ1v) is 30.3. The van der Waals surface area contributed by atoms with Crippen LogP contribution in [0.5, 0.6) is 5.75 Å². The Hall–Kier alpha value is -7.66. The highest BCUT2D eigenvalue weighted by Crippen LogP contribution is 2.33. The molecular weight excluding hydrogens is 1300 g/mol. The number of nitro benzene ring substituents is 1. The Bertz CT molecular complexity index is 3640. The van der Waals surface area contributed by atoms with Crippen molar-refractivity contribution in [2.24, 2.45) is 0 Å². The number of nitrogens with two attached hydrogens (primary N) is 3. The highest BCUT2D eigenvalue weighted by Gasteiger charge is 2.40. The van der Waals surface area contributed by atoms with E-state index in [1.54, 1.807) is 48.2 Å². The van der Waals surface area contributed by atoms with E-state index in [2.05, 4.69) is 109 Å². The van der Waals surface area contributed by atoms with Gasteiger partial charge in [0, 0.05) is 62.9 Å². The first-order valence-electron chi connectivity index (χ1n) is 26.2. The van der Waals surface area contributed by atoms with Gasteiger partial charge in [0.05, 0.1) is 33.1 Å².